The molecule has 5 nitrogen and oxygen atoms in total. The number of hydrogen-bond acceptors (Lipinski definition) is 4. The summed E-state index contributed by atoms with van der Waals surface area (Å²) in [4.78, 5) is 11.2. The number of nitrogens with one attached hydrogen (secondary N) is 2. The van der Waals surface area contributed by atoms with E-state index in [1.54, 1.807) is 0 Å². The third kappa shape index (κ3) is 7.82. The van der Waals surface area contributed by atoms with E-state index in [1.165, 1.54) is 12.8 Å². The second kappa shape index (κ2) is 10.1. The van der Waals surface area contributed by atoms with E-state index >= 15 is 0 Å². The Morgan fingerprint density at radius 1 is 1.45 bits per heavy atom. The molecule has 3 atom stereocenters. The fraction of sp³-hybridized carbons (Fsp3) is 0.933. The van der Waals surface area contributed by atoms with E-state index in [2.05, 4.69) is 17.6 Å². The van der Waals surface area contributed by atoms with E-state index in [0.29, 0.717) is 38.8 Å². The summed E-state index contributed by atoms with van der Waals surface area (Å²) < 4.78 is 5.76. The molecule has 1 saturated carbocycles. The maximum absolute atomic E-state index is 11.2. The molecule has 0 aromatic heterocycles. The molecule has 0 spiro atoms. The van der Waals surface area contributed by atoms with Gasteiger partial charge in [0, 0.05) is 26.1 Å². The molecular formula is C15H30N2O3. The van der Waals surface area contributed by atoms with Crippen molar-refractivity contribution in [3.05, 3.63) is 0 Å². The minimum atomic E-state index is -0.499. The molecule has 3 unspecified atom stereocenters. The van der Waals surface area contributed by atoms with Gasteiger partial charge >= 0.3 is 0 Å². The van der Waals surface area contributed by atoms with Crippen molar-refractivity contribution in [3.63, 3.8) is 0 Å². The Bertz CT molecular complexity index is 274. The van der Waals surface area contributed by atoms with Crippen LogP contribution in [0, 0.1) is 5.92 Å². The quantitative estimate of drug-likeness (QED) is 0.554. The molecule has 5 heteroatoms. The lowest BCUT2D eigenvalue weighted by atomic mass is 9.89. The maximum Gasteiger partial charge on any atom is 0.221 e. The van der Waals surface area contributed by atoms with Crippen LogP contribution in [0.1, 0.15) is 46.0 Å². The Kier molecular flexibility index (Phi) is 8.82. The van der Waals surface area contributed by atoms with Crippen LogP contribution in [-0.4, -0.2) is 49.5 Å². The average molecular weight is 286 g/mol. The lowest BCUT2D eigenvalue weighted by molar-refractivity contribution is -0.120. The zero-order valence-corrected chi connectivity index (χ0v) is 12.9. The van der Waals surface area contributed by atoms with E-state index in [9.17, 15) is 9.90 Å². The number of carbonyl (C=O) groups excluding carboxylic acids is 1. The van der Waals surface area contributed by atoms with E-state index in [-0.39, 0.29) is 5.91 Å². The van der Waals surface area contributed by atoms with Crippen molar-refractivity contribution >= 4 is 5.91 Å². The summed E-state index contributed by atoms with van der Waals surface area (Å²) in [6, 6.07) is 0. The predicted molar refractivity (Wildman–Crippen MR) is 79.5 cm³/mol. The van der Waals surface area contributed by atoms with E-state index < -0.39 is 6.10 Å². The summed E-state index contributed by atoms with van der Waals surface area (Å²) >= 11 is 0. The van der Waals surface area contributed by atoms with Crippen LogP contribution < -0.4 is 10.6 Å². The van der Waals surface area contributed by atoms with Gasteiger partial charge in [0.05, 0.1) is 18.8 Å². The van der Waals surface area contributed by atoms with Crippen LogP contribution in [0.25, 0.3) is 0 Å². The molecule has 0 radical (unpaired) electrons. The molecule has 1 amide bonds. The first-order valence-corrected chi connectivity index (χ1v) is 7.88. The Morgan fingerprint density at radius 3 is 2.95 bits per heavy atom. The van der Waals surface area contributed by atoms with Crippen LogP contribution in [0.3, 0.4) is 0 Å². The molecular weight excluding hydrogens is 256 g/mol. The Morgan fingerprint density at radius 2 is 2.25 bits per heavy atom. The van der Waals surface area contributed by atoms with Gasteiger partial charge in [-0.1, -0.05) is 19.8 Å². The molecule has 1 fully saturated rings. The van der Waals surface area contributed by atoms with Gasteiger partial charge in [0.25, 0.3) is 0 Å². The number of aliphatic hydroxyl groups is 1. The molecule has 1 rings (SSSR count). The summed E-state index contributed by atoms with van der Waals surface area (Å²) in [6.07, 6.45) is 5.00. The van der Waals surface area contributed by atoms with Crippen LogP contribution in [0.5, 0.6) is 0 Å². The Hall–Kier alpha value is -0.650. The Labute approximate surface area is 122 Å². The number of aliphatic hydroxyl groups excluding tert-OH is 1. The molecule has 0 aromatic carbocycles. The summed E-state index contributed by atoms with van der Waals surface area (Å²) in [5, 5.41) is 15.6. The molecule has 0 saturated heterocycles. The fourth-order valence-electron chi connectivity index (χ4n) is 2.59. The highest BCUT2D eigenvalue weighted by Gasteiger charge is 2.20. The zero-order valence-electron chi connectivity index (χ0n) is 12.9. The van der Waals surface area contributed by atoms with Crippen LogP contribution in [-0.2, 0) is 9.53 Å². The van der Waals surface area contributed by atoms with Gasteiger partial charge in [-0.2, -0.15) is 0 Å². The van der Waals surface area contributed by atoms with Gasteiger partial charge < -0.3 is 20.5 Å². The highest BCUT2D eigenvalue weighted by atomic mass is 16.5. The third-order valence-electron chi connectivity index (χ3n) is 3.70. The first-order chi connectivity index (χ1) is 9.61. The van der Waals surface area contributed by atoms with Crippen molar-refractivity contribution in [1.29, 1.82) is 0 Å². The second-order valence-corrected chi connectivity index (χ2v) is 5.79. The molecule has 3 N–H and O–H groups in total. The predicted octanol–water partition coefficient (Wildman–Crippen LogP) is 1.06. The van der Waals surface area contributed by atoms with Crippen LogP contribution in [0.4, 0.5) is 0 Å². The van der Waals surface area contributed by atoms with Crippen LogP contribution in [0.2, 0.25) is 0 Å². The molecule has 0 bridgehead atoms. The normalized spacial score (nSPS) is 24.4. The second-order valence-electron chi connectivity index (χ2n) is 5.79. The molecule has 0 aliphatic heterocycles. The van der Waals surface area contributed by atoms with Gasteiger partial charge in [-0.15, -0.1) is 0 Å². The summed E-state index contributed by atoms with van der Waals surface area (Å²) in [5.41, 5.74) is 0. The SMILES string of the molecule is CCNC(=O)CCNCC(O)COC1CCCC(C)C1. The van der Waals surface area contributed by atoms with Crippen molar-refractivity contribution in [2.24, 2.45) is 5.92 Å². The summed E-state index contributed by atoms with van der Waals surface area (Å²) in [7, 11) is 0. The van der Waals surface area contributed by atoms with Gasteiger partial charge in [-0.05, 0) is 25.7 Å². The van der Waals surface area contributed by atoms with E-state index in [0.717, 1.165) is 18.8 Å². The average Bonchev–Trinajstić information content (AvgIpc) is 2.42. The summed E-state index contributed by atoms with van der Waals surface area (Å²) in [6.45, 7) is 6.26. The highest BCUT2D eigenvalue weighted by molar-refractivity contribution is 5.75. The third-order valence-corrected chi connectivity index (χ3v) is 3.70. The monoisotopic (exact) mass is 286 g/mol. The lowest BCUT2D eigenvalue weighted by Gasteiger charge is -2.27. The van der Waals surface area contributed by atoms with Crippen molar-refractivity contribution in [3.8, 4) is 0 Å². The van der Waals surface area contributed by atoms with E-state index in [4.69, 9.17) is 4.74 Å². The van der Waals surface area contributed by atoms with Crippen molar-refractivity contribution in [2.45, 2.75) is 58.2 Å². The molecule has 20 heavy (non-hydrogen) atoms. The number of carbonyl (C=O) groups is 1. The van der Waals surface area contributed by atoms with E-state index in [1.807, 2.05) is 6.92 Å². The van der Waals surface area contributed by atoms with Crippen LogP contribution in [0.15, 0.2) is 0 Å². The molecule has 0 heterocycles. The van der Waals surface area contributed by atoms with Crippen LogP contribution >= 0.6 is 0 Å². The van der Waals surface area contributed by atoms with Crippen molar-refractivity contribution < 1.29 is 14.6 Å². The standard InChI is InChI=1S/C15H30N2O3/c1-3-17-15(19)7-8-16-10-13(18)11-20-14-6-4-5-12(2)9-14/h12-14,16,18H,3-11H2,1-2H3,(H,17,19). The summed E-state index contributed by atoms with van der Waals surface area (Å²) in [5.74, 6) is 0.781. The first-order valence-electron chi connectivity index (χ1n) is 7.88. The van der Waals surface area contributed by atoms with Crippen molar-refractivity contribution in [2.75, 3.05) is 26.2 Å². The molecule has 1 aliphatic carbocycles. The lowest BCUT2D eigenvalue weighted by Crippen LogP contribution is -2.35. The zero-order chi connectivity index (χ0) is 14.8. The number of rotatable bonds is 9. The topological polar surface area (TPSA) is 70.6 Å². The molecule has 118 valence electrons. The van der Waals surface area contributed by atoms with Gasteiger partial charge in [0.1, 0.15) is 0 Å². The molecule has 1 aliphatic rings. The van der Waals surface area contributed by atoms with Gasteiger partial charge in [0.15, 0.2) is 0 Å². The minimum Gasteiger partial charge on any atom is -0.389 e. The smallest absolute Gasteiger partial charge is 0.221 e. The number of hydrogen-bond donors (Lipinski definition) is 3. The minimum absolute atomic E-state index is 0.0435. The maximum atomic E-state index is 11.2. The van der Waals surface area contributed by atoms with Gasteiger partial charge in [-0.3, -0.25) is 4.79 Å². The highest BCUT2D eigenvalue weighted by Crippen LogP contribution is 2.25. The van der Waals surface area contributed by atoms with Gasteiger partial charge in [0.2, 0.25) is 5.91 Å². The fourth-order valence-corrected chi connectivity index (χ4v) is 2.59. The number of amides is 1. The molecule has 0 aromatic rings. The first kappa shape index (κ1) is 17.4. The van der Waals surface area contributed by atoms with Gasteiger partial charge in [-0.25, -0.2) is 0 Å². The largest absolute Gasteiger partial charge is 0.389 e. The van der Waals surface area contributed by atoms with Crippen molar-refractivity contribution in [1.82, 2.24) is 10.6 Å². The number of ether oxygens (including phenoxy) is 1. The Balaban J connectivity index is 2.00.